The molecule has 1 N–H and O–H groups in total. The quantitative estimate of drug-likeness (QED) is 0.657. The van der Waals surface area contributed by atoms with Crippen LogP contribution in [0.5, 0.6) is 0 Å². The number of carboxylic acids is 1. The number of rotatable bonds is 4. The Balaban J connectivity index is 2.39. The van der Waals surface area contributed by atoms with Crippen LogP contribution in [-0.2, 0) is 4.79 Å². The number of Topliss-reactive ketones (excluding diaryl/α,β-unsaturated/α-hetero) is 1. The Hall–Kier alpha value is -2.49. The number of carbonyl (C=O) groups excluding carboxylic acids is 1. The summed E-state index contributed by atoms with van der Waals surface area (Å²) in [5.41, 5.74) is 0.620. The van der Waals surface area contributed by atoms with Crippen molar-refractivity contribution in [3.05, 3.63) is 66.0 Å². The van der Waals surface area contributed by atoms with Crippen LogP contribution < -0.4 is 0 Å². The predicted molar refractivity (Wildman–Crippen MR) is 65.4 cm³/mol. The fourth-order valence-electron chi connectivity index (χ4n) is 1.69. The third-order valence-corrected chi connectivity index (χ3v) is 2.55. The van der Waals surface area contributed by atoms with E-state index in [1.807, 2.05) is 0 Å². The first-order valence-electron chi connectivity index (χ1n) is 5.43. The van der Waals surface area contributed by atoms with Crippen LogP contribution in [0.3, 0.4) is 0 Å². The van der Waals surface area contributed by atoms with E-state index in [-0.39, 0.29) is 5.69 Å². The van der Waals surface area contributed by atoms with E-state index in [4.69, 9.17) is 0 Å². The number of carboxylic acid groups (broad SMARTS) is 1. The lowest BCUT2D eigenvalue weighted by Crippen LogP contribution is -2.22. The average Bonchev–Trinajstić information content (AvgIpc) is 2.40. The molecule has 0 aliphatic rings. The minimum Gasteiger partial charge on any atom is -0.480 e. The first-order chi connectivity index (χ1) is 8.70. The maximum Gasteiger partial charge on any atom is 0.320 e. The summed E-state index contributed by atoms with van der Waals surface area (Å²) in [5.74, 6) is -2.90. The smallest absolute Gasteiger partial charge is 0.320 e. The van der Waals surface area contributed by atoms with E-state index in [1.165, 1.54) is 6.20 Å². The van der Waals surface area contributed by atoms with E-state index in [9.17, 15) is 14.7 Å². The van der Waals surface area contributed by atoms with Gasteiger partial charge in [0.15, 0.2) is 11.7 Å². The highest BCUT2D eigenvalue weighted by atomic mass is 16.4. The van der Waals surface area contributed by atoms with Crippen LogP contribution in [0.2, 0.25) is 0 Å². The van der Waals surface area contributed by atoms with Crippen molar-refractivity contribution >= 4 is 11.8 Å². The highest BCUT2D eigenvalue weighted by Crippen LogP contribution is 2.19. The SMILES string of the molecule is O=C(O)C(C(=O)c1ccccc1)c1ccccn1. The summed E-state index contributed by atoms with van der Waals surface area (Å²) >= 11 is 0. The number of carbonyl (C=O) groups is 2. The molecule has 4 nitrogen and oxygen atoms in total. The standard InChI is InChI=1S/C14H11NO3/c16-13(10-6-2-1-3-7-10)12(14(17)18)11-8-4-5-9-15-11/h1-9,12H,(H,17,18). The Bertz CT molecular complexity index is 552. The van der Waals surface area contributed by atoms with Crippen molar-refractivity contribution in [3.63, 3.8) is 0 Å². The molecular weight excluding hydrogens is 230 g/mol. The van der Waals surface area contributed by atoms with Gasteiger partial charge in [-0.25, -0.2) is 0 Å². The molecule has 0 saturated carbocycles. The minimum absolute atomic E-state index is 0.249. The van der Waals surface area contributed by atoms with E-state index in [0.717, 1.165) is 0 Å². The summed E-state index contributed by atoms with van der Waals surface area (Å²) in [6, 6.07) is 13.2. The average molecular weight is 241 g/mol. The molecule has 0 amide bonds. The Morgan fingerprint density at radius 1 is 1.00 bits per heavy atom. The van der Waals surface area contributed by atoms with Crippen molar-refractivity contribution in [2.24, 2.45) is 0 Å². The second-order valence-corrected chi connectivity index (χ2v) is 3.76. The molecule has 1 heterocycles. The molecule has 0 aliphatic carbocycles. The molecule has 2 aromatic rings. The zero-order valence-electron chi connectivity index (χ0n) is 9.48. The van der Waals surface area contributed by atoms with Gasteiger partial charge in [-0.2, -0.15) is 0 Å². The van der Waals surface area contributed by atoms with Crippen molar-refractivity contribution in [3.8, 4) is 0 Å². The fraction of sp³-hybridized carbons (Fsp3) is 0.0714. The van der Waals surface area contributed by atoms with Crippen LogP contribution in [0.4, 0.5) is 0 Å². The number of pyridine rings is 1. The molecule has 1 atom stereocenters. The summed E-state index contributed by atoms with van der Waals surface area (Å²) in [7, 11) is 0. The Labute approximate surface area is 104 Å². The minimum atomic E-state index is -1.26. The van der Waals surface area contributed by atoms with Crippen LogP contribution in [0, 0.1) is 0 Å². The van der Waals surface area contributed by atoms with Gasteiger partial charge in [0.05, 0.1) is 5.69 Å². The molecule has 0 fully saturated rings. The molecule has 1 aromatic heterocycles. The molecule has 18 heavy (non-hydrogen) atoms. The third kappa shape index (κ3) is 2.43. The summed E-state index contributed by atoms with van der Waals surface area (Å²) < 4.78 is 0. The van der Waals surface area contributed by atoms with Crippen LogP contribution in [0.15, 0.2) is 54.7 Å². The Morgan fingerprint density at radius 3 is 2.22 bits per heavy atom. The Morgan fingerprint density at radius 2 is 1.67 bits per heavy atom. The molecular formula is C14H11NO3. The van der Waals surface area contributed by atoms with Crippen molar-refractivity contribution in [2.75, 3.05) is 0 Å². The lowest BCUT2D eigenvalue weighted by molar-refractivity contribution is -0.137. The monoisotopic (exact) mass is 241 g/mol. The van der Waals surface area contributed by atoms with Crippen molar-refractivity contribution in [2.45, 2.75) is 5.92 Å². The van der Waals surface area contributed by atoms with Crippen molar-refractivity contribution in [1.82, 2.24) is 4.98 Å². The molecule has 90 valence electrons. The second kappa shape index (κ2) is 5.23. The van der Waals surface area contributed by atoms with Gasteiger partial charge < -0.3 is 5.11 Å². The summed E-state index contributed by atoms with van der Waals surface area (Å²) in [5, 5.41) is 9.20. The van der Waals surface area contributed by atoms with Crippen LogP contribution in [-0.4, -0.2) is 21.8 Å². The number of hydrogen-bond donors (Lipinski definition) is 1. The largest absolute Gasteiger partial charge is 0.480 e. The first kappa shape index (κ1) is 12.0. The number of nitrogens with zero attached hydrogens (tertiary/aromatic N) is 1. The molecule has 0 aliphatic heterocycles. The molecule has 0 spiro atoms. The van der Waals surface area contributed by atoms with Gasteiger partial charge in [-0.05, 0) is 12.1 Å². The highest BCUT2D eigenvalue weighted by molar-refractivity contribution is 6.12. The number of aliphatic carboxylic acids is 1. The summed E-state index contributed by atoms with van der Waals surface area (Å²) in [6.45, 7) is 0. The van der Waals surface area contributed by atoms with E-state index in [1.54, 1.807) is 48.5 Å². The maximum atomic E-state index is 12.2. The topological polar surface area (TPSA) is 67.3 Å². The normalized spacial score (nSPS) is 11.8. The molecule has 0 bridgehead atoms. The van der Waals surface area contributed by atoms with Crippen LogP contribution in [0.1, 0.15) is 22.0 Å². The zero-order valence-corrected chi connectivity index (χ0v) is 9.48. The number of ketones is 1. The molecule has 0 saturated heterocycles. The van der Waals surface area contributed by atoms with Crippen LogP contribution in [0.25, 0.3) is 0 Å². The zero-order chi connectivity index (χ0) is 13.0. The lowest BCUT2D eigenvalue weighted by Gasteiger charge is -2.10. The van der Waals surface area contributed by atoms with Gasteiger partial charge in [-0.15, -0.1) is 0 Å². The van der Waals surface area contributed by atoms with Gasteiger partial charge in [0.2, 0.25) is 0 Å². The van der Waals surface area contributed by atoms with Gasteiger partial charge in [0.25, 0.3) is 0 Å². The number of aromatic nitrogens is 1. The van der Waals surface area contributed by atoms with Crippen molar-refractivity contribution in [1.29, 1.82) is 0 Å². The number of hydrogen-bond acceptors (Lipinski definition) is 3. The first-order valence-corrected chi connectivity index (χ1v) is 5.43. The highest BCUT2D eigenvalue weighted by Gasteiger charge is 2.29. The number of benzene rings is 1. The summed E-state index contributed by atoms with van der Waals surface area (Å²) in [4.78, 5) is 27.4. The lowest BCUT2D eigenvalue weighted by atomic mass is 9.94. The van der Waals surface area contributed by atoms with Crippen molar-refractivity contribution < 1.29 is 14.7 Å². The second-order valence-electron chi connectivity index (χ2n) is 3.76. The molecule has 1 aromatic carbocycles. The molecule has 0 radical (unpaired) electrons. The maximum absolute atomic E-state index is 12.2. The Kier molecular flexibility index (Phi) is 3.48. The van der Waals surface area contributed by atoms with Gasteiger partial charge in [0, 0.05) is 11.8 Å². The molecule has 1 unspecified atom stereocenters. The molecule has 2 rings (SSSR count). The van der Waals surface area contributed by atoms with E-state index < -0.39 is 17.7 Å². The van der Waals surface area contributed by atoms with Gasteiger partial charge in [-0.3, -0.25) is 14.6 Å². The van der Waals surface area contributed by atoms with Gasteiger partial charge in [-0.1, -0.05) is 36.4 Å². The van der Waals surface area contributed by atoms with Gasteiger partial charge >= 0.3 is 5.97 Å². The fourth-order valence-corrected chi connectivity index (χ4v) is 1.69. The van der Waals surface area contributed by atoms with E-state index >= 15 is 0 Å². The summed E-state index contributed by atoms with van der Waals surface area (Å²) in [6.07, 6.45) is 1.48. The van der Waals surface area contributed by atoms with Crippen LogP contribution >= 0.6 is 0 Å². The van der Waals surface area contributed by atoms with E-state index in [2.05, 4.69) is 4.98 Å². The molecule has 4 heteroatoms. The predicted octanol–water partition coefficient (Wildman–Crippen LogP) is 2.13. The third-order valence-electron chi connectivity index (χ3n) is 2.55. The van der Waals surface area contributed by atoms with E-state index in [0.29, 0.717) is 5.56 Å². The van der Waals surface area contributed by atoms with Gasteiger partial charge in [0.1, 0.15) is 0 Å².